The number of pyridine rings is 2. The van der Waals surface area contributed by atoms with E-state index >= 15 is 0 Å². The molecule has 0 saturated heterocycles. The molecule has 100 valence electrons. The highest BCUT2D eigenvalue weighted by Crippen LogP contribution is 2.32. The summed E-state index contributed by atoms with van der Waals surface area (Å²) in [5, 5.41) is 2.92. The Kier molecular flexibility index (Phi) is 4.00. The molecule has 2 heterocycles. The maximum atomic E-state index is 5.85. The topological polar surface area (TPSA) is 51.8 Å². The van der Waals surface area contributed by atoms with E-state index in [1.807, 2.05) is 36.4 Å². The molecule has 0 unspecified atom stereocenters. The van der Waals surface area contributed by atoms with Crippen LogP contribution in [0.2, 0.25) is 0 Å². The summed E-state index contributed by atoms with van der Waals surface area (Å²) in [7, 11) is 0. The molecule has 0 aliphatic heterocycles. The number of rotatable bonds is 3. The maximum Gasteiger partial charge on any atom is 0.116 e. The van der Waals surface area contributed by atoms with Crippen molar-refractivity contribution in [2.24, 2.45) is 5.73 Å². The van der Waals surface area contributed by atoms with Crippen LogP contribution in [0, 0.1) is 0 Å². The van der Waals surface area contributed by atoms with Crippen molar-refractivity contribution in [1.82, 2.24) is 9.97 Å². The van der Waals surface area contributed by atoms with Gasteiger partial charge in [0.05, 0.1) is 9.99 Å². The Morgan fingerprint density at radius 1 is 1.15 bits per heavy atom. The van der Waals surface area contributed by atoms with E-state index in [9.17, 15) is 0 Å². The standard InChI is InChI=1S/C15H12BrN3S/c16-12-5-3-7-18-15(12)20-14-8-10(9-17)11-4-1-2-6-13(11)19-14/h1-8H,9,17H2. The van der Waals surface area contributed by atoms with Crippen LogP contribution in [0.3, 0.4) is 0 Å². The minimum Gasteiger partial charge on any atom is -0.326 e. The predicted octanol–water partition coefficient (Wildman–Crippen LogP) is 4.00. The van der Waals surface area contributed by atoms with E-state index in [0.29, 0.717) is 6.54 Å². The molecular formula is C15H12BrN3S. The van der Waals surface area contributed by atoms with Crippen molar-refractivity contribution in [1.29, 1.82) is 0 Å². The molecule has 0 radical (unpaired) electrons. The lowest BCUT2D eigenvalue weighted by atomic mass is 10.1. The quantitative estimate of drug-likeness (QED) is 0.779. The van der Waals surface area contributed by atoms with E-state index in [-0.39, 0.29) is 0 Å². The van der Waals surface area contributed by atoms with Gasteiger partial charge in [0.15, 0.2) is 0 Å². The zero-order valence-corrected chi connectivity index (χ0v) is 13.0. The van der Waals surface area contributed by atoms with Gasteiger partial charge in [-0.1, -0.05) is 18.2 Å². The molecule has 0 amide bonds. The first kappa shape index (κ1) is 13.5. The van der Waals surface area contributed by atoms with Crippen LogP contribution in [-0.4, -0.2) is 9.97 Å². The molecule has 0 fully saturated rings. The summed E-state index contributed by atoms with van der Waals surface area (Å²) in [6, 6.07) is 14.0. The van der Waals surface area contributed by atoms with Crippen LogP contribution >= 0.6 is 27.7 Å². The molecule has 2 aromatic heterocycles. The smallest absolute Gasteiger partial charge is 0.116 e. The van der Waals surface area contributed by atoms with E-state index in [1.54, 1.807) is 6.20 Å². The predicted molar refractivity (Wildman–Crippen MR) is 85.7 cm³/mol. The number of nitrogens with two attached hydrogens (primary N) is 1. The normalized spacial score (nSPS) is 10.9. The number of halogens is 1. The van der Waals surface area contributed by atoms with Crippen LogP contribution in [0.4, 0.5) is 0 Å². The lowest BCUT2D eigenvalue weighted by Gasteiger charge is -2.08. The Bertz CT molecular complexity index is 761. The van der Waals surface area contributed by atoms with Gasteiger partial charge in [-0.05, 0) is 57.5 Å². The summed E-state index contributed by atoms with van der Waals surface area (Å²) in [6.45, 7) is 0.500. The molecule has 2 N–H and O–H groups in total. The molecule has 3 nitrogen and oxygen atoms in total. The zero-order chi connectivity index (χ0) is 13.9. The molecular weight excluding hydrogens is 334 g/mol. The Hall–Kier alpha value is -1.43. The molecule has 1 aromatic carbocycles. The van der Waals surface area contributed by atoms with Crippen molar-refractivity contribution in [3.8, 4) is 0 Å². The molecule has 0 bridgehead atoms. The summed E-state index contributed by atoms with van der Waals surface area (Å²) in [5.41, 5.74) is 7.91. The zero-order valence-electron chi connectivity index (χ0n) is 10.6. The highest BCUT2D eigenvalue weighted by molar-refractivity contribution is 9.10. The maximum absolute atomic E-state index is 5.85. The lowest BCUT2D eigenvalue weighted by molar-refractivity contribution is 1.04. The van der Waals surface area contributed by atoms with Gasteiger partial charge in [0.2, 0.25) is 0 Å². The highest BCUT2D eigenvalue weighted by Gasteiger charge is 2.08. The van der Waals surface area contributed by atoms with E-state index < -0.39 is 0 Å². The first-order chi connectivity index (χ1) is 9.78. The second-order valence-electron chi connectivity index (χ2n) is 4.23. The number of aromatic nitrogens is 2. The lowest BCUT2D eigenvalue weighted by Crippen LogP contribution is -1.99. The summed E-state index contributed by atoms with van der Waals surface area (Å²) in [4.78, 5) is 9.02. The fraction of sp³-hybridized carbons (Fsp3) is 0.0667. The van der Waals surface area contributed by atoms with E-state index in [2.05, 4.69) is 32.0 Å². The Morgan fingerprint density at radius 2 is 2.00 bits per heavy atom. The monoisotopic (exact) mass is 345 g/mol. The Balaban J connectivity index is 2.06. The average molecular weight is 346 g/mol. The van der Waals surface area contributed by atoms with Crippen molar-refractivity contribution in [3.05, 3.63) is 58.7 Å². The first-order valence-electron chi connectivity index (χ1n) is 6.15. The van der Waals surface area contributed by atoms with Crippen molar-refractivity contribution in [2.75, 3.05) is 0 Å². The summed E-state index contributed by atoms with van der Waals surface area (Å²) < 4.78 is 0.967. The molecule has 5 heteroatoms. The molecule has 0 aliphatic rings. The fourth-order valence-corrected chi connectivity index (χ4v) is 3.31. The van der Waals surface area contributed by atoms with Crippen LogP contribution in [0.25, 0.3) is 10.9 Å². The van der Waals surface area contributed by atoms with Gasteiger partial charge in [-0.25, -0.2) is 9.97 Å². The van der Waals surface area contributed by atoms with Crippen LogP contribution in [0.1, 0.15) is 5.56 Å². The first-order valence-corrected chi connectivity index (χ1v) is 7.76. The summed E-state index contributed by atoms with van der Waals surface area (Å²) >= 11 is 5.04. The number of nitrogens with zero attached hydrogens (tertiary/aromatic N) is 2. The molecule has 3 rings (SSSR count). The van der Waals surface area contributed by atoms with Gasteiger partial charge in [0.25, 0.3) is 0 Å². The fourth-order valence-electron chi connectivity index (χ4n) is 1.99. The average Bonchev–Trinajstić information content (AvgIpc) is 2.49. The second kappa shape index (κ2) is 5.91. The van der Waals surface area contributed by atoms with Gasteiger partial charge in [0.1, 0.15) is 10.1 Å². The minimum absolute atomic E-state index is 0.500. The SMILES string of the molecule is NCc1cc(Sc2ncccc2Br)nc2ccccc12. The molecule has 20 heavy (non-hydrogen) atoms. The number of fused-ring (bicyclic) bond motifs is 1. The van der Waals surface area contributed by atoms with E-state index in [1.165, 1.54) is 11.8 Å². The number of benzene rings is 1. The second-order valence-corrected chi connectivity index (χ2v) is 6.10. The third-order valence-corrected chi connectivity index (χ3v) is 4.76. The van der Waals surface area contributed by atoms with Gasteiger partial charge >= 0.3 is 0 Å². The molecule has 0 spiro atoms. The van der Waals surface area contributed by atoms with Crippen molar-refractivity contribution >= 4 is 38.6 Å². The Labute approximate surface area is 129 Å². The van der Waals surface area contributed by atoms with Crippen LogP contribution in [0.15, 0.2) is 63.2 Å². The van der Waals surface area contributed by atoms with Gasteiger partial charge in [-0.2, -0.15) is 0 Å². The van der Waals surface area contributed by atoms with Gasteiger partial charge in [0, 0.05) is 18.1 Å². The summed E-state index contributed by atoms with van der Waals surface area (Å²) in [6.07, 6.45) is 1.78. The van der Waals surface area contributed by atoms with Gasteiger partial charge in [-0.15, -0.1) is 0 Å². The van der Waals surface area contributed by atoms with E-state index in [0.717, 1.165) is 31.0 Å². The Morgan fingerprint density at radius 3 is 2.80 bits per heavy atom. The van der Waals surface area contributed by atoms with Crippen molar-refractivity contribution in [3.63, 3.8) is 0 Å². The molecule has 0 atom stereocenters. The number of para-hydroxylation sites is 1. The third kappa shape index (κ3) is 2.70. The number of hydrogen-bond donors (Lipinski definition) is 1. The van der Waals surface area contributed by atoms with Crippen LogP contribution < -0.4 is 5.73 Å². The summed E-state index contributed by atoms with van der Waals surface area (Å²) in [5.74, 6) is 0. The largest absolute Gasteiger partial charge is 0.326 e. The van der Waals surface area contributed by atoms with E-state index in [4.69, 9.17) is 5.73 Å². The molecule has 3 aromatic rings. The highest BCUT2D eigenvalue weighted by atomic mass is 79.9. The third-order valence-electron chi connectivity index (χ3n) is 2.92. The van der Waals surface area contributed by atoms with Gasteiger partial charge < -0.3 is 5.73 Å². The molecule has 0 saturated carbocycles. The van der Waals surface area contributed by atoms with Crippen LogP contribution in [0.5, 0.6) is 0 Å². The minimum atomic E-state index is 0.500. The van der Waals surface area contributed by atoms with Crippen molar-refractivity contribution in [2.45, 2.75) is 16.6 Å². The molecule has 0 aliphatic carbocycles. The number of hydrogen-bond acceptors (Lipinski definition) is 4. The van der Waals surface area contributed by atoms with Crippen LogP contribution in [-0.2, 0) is 6.54 Å². The van der Waals surface area contributed by atoms with Gasteiger partial charge in [-0.3, -0.25) is 0 Å². The van der Waals surface area contributed by atoms with Crippen molar-refractivity contribution < 1.29 is 0 Å².